The molecule has 13 heteroatoms. The van der Waals surface area contributed by atoms with E-state index in [1.54, 1.807) is 23.1 Å². The van der Waals surface area contributed by atoms with Crippen LogP contribution in [0.1, 0.15) is 42.4 Å². The molecule has 2 saturated heterocycles. The number of nitrogens with zero attached hydrogens (tertiary/aromatic N) is 5. The zero-order valence-electron chi connectivity index (χ0n) is 23.9. The Labute approximate surface area is 251 Å². The molecule has 0 unspecified atom stereocenters. The molecular formula is C31H32F6N6O. The summed E-state index contributed by atoms with van der Waals surface area (Å²) in [6, 6.07) is 12.1. The number of piperidine rings is 1. The normalized spacial score (nSPS) is 17.1. The van der Waals surface area contributed by atoms with Crippen LogP contribution < -0.4 is 10.2 Å². The van der Waals surface area contributed by atoms with Crippen LogP contribution >= 0.6 is 0 Å². The molecular weight excluding hydrogens is 586 g/mol. The standard InChI is InChI=1S/C31H32F6N6O/c32-30(33,34)23-5-7-27-21(18-23)4-8-28(40-27)42-16-14-41(15-17-42)11-1-2-29(44)43-12-9-24(10-13-43)39-25-6-3-22(20-38)26(19-25)31(35,36)37/h3-8,18-19,24,39H,1-2,9-17H2. The van der Waals surface area contributed by atoms with E-state index in [-0.39, 0.29) is 11.9 Å². The predicted octanol–water partition coefficient (Wildman–Crippen LogP) is 6.15. The van der Waals surface area contributed by atoms with E-state index in [4.69, 9.17) is 5.26 Å². The van der Waals surface area contributed by atoms with E-state index in [1.165, 1.54) is 18.2 Å². The average molecular weight is 619 g/mol. The van der Waals surface area contributed by atoms with Crippen LogP contribution in [0.15, 0.2) is 48.5 Å². The number of alkyl halides is 6. The molecule has 1 amide bonds. The lowest BCUT2D eigenvalue weighted by Gasteiger charge is -2.36. The van der Waals surface area contributed by atoms with Gasteiger partial charge in [-0.05, 0) is 74.3 Å². The van der Waals surface area contributed by atoms with Gasteiger partial charge in [-0.15, -0.1) is 0 Å². The van der Waals surface area contributed by atoms with Gasteiger partial charge in [0.2, 0.25) is 5.91 Å². The fraction of sp³-hybridized carbons (Fsp3) is 0.452. The summed E-state index contributed by atoms with van der Waals surface area (Å²) in [6.45, 7) is 4.81. The Morgan fingerprint density at radius 1 is 0.909 bits per heavy atom. The van der Waals surface area contributed by atoms with Crippen molar-refractivity contribution in [2.24, 2.45) is 0 Å². The van der Waals surface area contributed by atoms with E-state index in [1.807, 2.05) is 0 Å². The molecule has 3 heterocycles. The smallest absolute Gasteiger partial charge is 0.382 e. The molecule has 234 valence electrons. The van der Waals surface area contributed by atoms with Gasteiger partial charge >= 0.3 is 12.4 Å². The molecule has 0 bridgehead atoms. The lowest BCUT2D eigenvalue weighted by molar-refractivity contribution is -0.138. The number of carbonyl (C=O) groups is 1. The largest absolute Gasteiger partial charge is 0.417 e. The monoisotopic (exact) mass is 618 g/mol. The number of aromatic nitrogens is 1. The van der Waals surface area contributed by atoms with Crippen molar-refractivity contribution >= 4 is 28.3 Å². The number of carbonyl (C=O) groups excluding carboxylic acids is 1. The number of nitriles is 1. The number of likely N-dealkylation sites (tertiary alicyclic amines) is 1. The predicted molar refractivity (Wildman–Crippen MR) is 154 cm³/mol. The Balaban J connectivity index is 1.02. The number of hydrogen-bond acceptors (Lipinski definition) is 6. The Hall–Kier alpha value is -4.05. The first kappa shape index (κ1) is 31.4. The SMILES string of the molecule is N#Cc1ccc(NC2CCN(C(=O)CCCN3CCN(c4ccc5cc(C(F)(F)F)ccc5n4)CC3)CC2)cc1C(F)(F)F. The summed E-state index contributed by atoms with van der Waals surface area (Å²) in [5.41, 5.74) is -1.26. The van der Waals surface area contributed by atoms with Gasteiger partial charge in [0.25, 0.3) is 0 Å². The first-order chi connectivity index (χ1) is 20.9. The number of benzene rings is 2. The summed E-state index contributed by atoms with van der Waals surface area (Å²) in [7, 11) is 0. The molecule has 0 spiro atoms. The average Bonchev–Trinajstić information content (AvgIpc) is 3.00. The Morgan fingerprint density at radius 3 is 2.30 bits per heavy atom. The molecule has 3 aromatic rings. The van der Waals surface area contributed by atoms with E-state index < -0.39 is 29.0 Å². The first-order valence-electron chi connectivity index (χ1n) is 14.5. The number of rotatable bonds is 7. The topological polar surface area (TPSA) is 75.5 Å². The van der Waals surface area contributed by atoms with Crippen molar-refractivity contribution in [1.29, 1.82) is 5.26 Å². The second-order valence-electron chi connectivity index (χ2n) is 11.2. The lowest BCUT2D eigenvalue weighted by atomic mass is 10.0. The highest BCUT2D eigenvalue weighted by molar-refractivity contribution is 5.81. The van der Waals surface area contributed by atoms with Crippen LogP contribution in [-0.2, 0) is 17.1 Å². The second-order valence-corrected chi connectivity index (χ2v) is 11.2. The molecule has 0 radical (unpaired) electrons. The molecule has 1 aromatic heterocycles. The highest BCUT2D eigenvalue weighted by Crippen LogP contribution is 2.34. The fourth-order valence-corrected chi connectivity index (χ4v) is 5.75. The van der Waals surface area contributed by atoms with Crippen molar-refractivity contribution in [1.82, 2.24) is 14.8 Å². The summed E-state index contributed by atoms with van der Waals surface area (Å²) >= 11 is 0. The number of piperazine rings is 1. The van der Waals surface area contributed by atoms with Crippen LogP contribution in [0.4, 0.5) is 37.8 Å². The van der Waals surface area contributed by atoms with Gasteiger partial charge in [0, 0.05) is 62.8 Å². The minimum atomic E-state index is -4.61. The molecule has 0 atom stereocenters. The minimum Gasteiger partial charge on any atom is -0.382 e. The molecule has 44 heavy (non-hydrogen) atoms. The van der Waals surface area contributed by atoms with E-state index >= 15 is 0 Å². The van der Waals surface area contributed by atoms with Gasteiger partial charge in [0.15, 0.2) is 0 Å². The highest BCUT2D eigenvalue weighted by atomic mass is 19.4. The van der Waals surface area contributed by atoms with E-state index in [0.29, 0.717) is 55.4 Å². The lowest BCUT2D eigenvalue weighted by Crippen LogP contribution is -2.47. The summed E-state index contributed by atoms with van der Waals surface area (Å²) in [4.78, 5) is 23.6. The molecule has 5 rings (SSSR count). The van der Waals surface area contributed by atoms with Gasteiger partial charge in [-0.2, -0.15) is 31.6 Å². The fourth-order valence-electron chi connectivity index (χ4n) is 5.75. The van der Waals surface area contributed by atoms with Crippen LogP contribution in [0, 0.1) is 11.3 Å². The van der Waals surface area contributed by atoms with E-state index in [9.17, 15) is 31.1 Å². The summed E-state index contributed by atoms with van der Waals surface area (Å²) < 4.78 is 78.8. The summed E-state index contributed by atoms with van der Waals surface area (Å²) in [5, 5.41) is 12.5. The van der Waals surface area contributed by atoms with E-state index in [0.717, 1.165) is 56.7 Å². The first-order valence-corrected chi connectivity index (χ1v) is 14.5. The third kappa shape index (κ3) is 7.53. The van der Waals surface area contributed by atoms with Gasteiger partial charge in [-0.25, -0.2) is 4.98 Å². The number of anilines is 2. The minimum absolute atomic E-state index is 0.0638. The van der Waals surface area contributed by atoms with Crippen molar-refractivity contribution in [2.75, 3.05) is 56.0 Å². The van der Waals surface area contributed by atoms with Crippen molar-refractivity contribution in [2.45, 2.75) is 44.1 Å². The Bertz CT molecular complexity index is 1520. The van der Waals surface area contributed by atoms with Crippen LogP contribution in [0.5, 0.6) is 0 Å². The molecule has 0 saturated carbocycles. The number of hydrogen-bond donors (Lipinski definition) is 1. The second kappa shape index (κ2) is 12.9. The van der Waals surface area contributed by atoms with Crippen molar-refractivity contribution in [3.63, 3.8) is 0 Å². The molecule has 0 aliphatic carbocycles. The maximum Gasteiger partial charge on any atom is 0.417 e. The van der Waals surface area contributed by atoms with Gasteiger partial charge < -0.3 is 15.1 Å². The van der Waals surface area contributed by atoms with Crippen molar-refractivity contribution in [3.8, 4) is 6.07 Å². The molecule has 7 nitrogen and oxygen atoms in total. The maximum atomic E-state index is 13.3. The van der Waals surface area contributed by atoms with Gasteiger partial charge in [0.05, 0.1) is 28.3 Å². The van der Waals surface area contributed by atoms with Crippen LogP contribution in [0.25, 0.3) is 10.9 Å². The third-order valence-corrected chi connectivity index (χ3v) is 8.23. The van der Waals surface area contributed by atoms with Gasteiger partial charge in [-0.3, -0.25) is 9.69 Å². The highest BCUT2D eigenvalue weighted by Gasteiger charge is 2.34. The number of nitrogens with one attached hydrogen (secondary N) is 1. The van der Waals surface area contributed by atoms with Crippen molar-refractivity contribution in [3.05, 3.63) is 65.2 Å². The number of fused-ring (bicyclic) bond motifs is 1. The van der Waals surface area contributed by atoms with Gasteiger partial charge in [0.1, 0.15) is 5.82 Å². The molecule has 2 fully saturated rings. The zero-order chi connectivity index (χ0) is 31.5. The molecule has 2 aromatic carbocycles. The quantitative estimate of drug-likeness (QED) is 0.321. The van der Waals surface area contributed by atoms with Gasteiger partial charge in [-0.1, -0.05) is 0 Å². The summed E-state index contributed by atoms with van der Waals surface area (Å²) in [5.74, 6) is 0.791. The van der Waals surface area contributed by atoms with Crippen LogP contribution in [-0.4, -0.2) is 72.5 Å². The molecule has 2 aliphatic rings. The molecule has 1 N–H and O–H groups in total. The number of amides is 1. The number of halogens is 6. The van der Waals surface area contributed by atoms with Crippen LogP contribution in [0.3, 0.4) is 0 Å². The third-order valence-electron chi connectivity index (χ3n) is 8.23. The Morgan fingerprint density at radius 2 is 1.64 bits per heavy atom. The van der Waals surface area contributed by atoms with Crippen molar-refractivity contribution < 1.29 is 31.1 Å². The maximum absolute atomic E-state index is 13.3. The Kier molecular flexibility index (Phi) is 9.20. The summed E-state index contributed by atoms with van der Waals surface area (Å²) in [6.07, 6.45) is -6.67. The zero-order valence-corrected chi connectivity index (χ0v) is 23.9. The van der Waals surface area contributed by atoms with Crippen LogP contribution in [0.2, 0.25) is 0 Å². The molecule has 2 aliphatic heterocycles. The number of pyridine rings is 1. The van der Waals surface area contributed by atoms with E-state index in [2.05, 4.69) is 20.1 Å².